The molecule has 1 saturated carbocycles. The van der Waals surface area contributed by atoms with Crippen molar-refractivity contribution in [1.82, 2.24) is 29.3 Å². The van der Waals surface area contributed by atoms with E-state index in [0.717, 1.165) is 72.0 Å². The van der Waals surface area contributed by atoms with Gasteiger partial charge in [-0.3, -0.25) is 18.9 Å². The third-order valence-electron chi connectivity index (χ3n) is 8.68. The average Bonchev–Trinajstić information content (AvgIpc) is 3.29. The van der Waals surface area contributed by atoms with Crippen molar-refractivity contribution in [3.63, 3.8) is 0 Å². The highest BCUT2D eigenvalue weighted by molar-refractivity contribution is 5.80. The van der Waals surface area contributed by atoms with Crippen molar-refractivity contribution in [2.75, 3.05) is 7.11 Å². The first-order chi connectivity index (χ1) is 20.5. The van der Waals surface area contributed by atoms with E-state index in [0.29, 0.717) is 18.0 Å². The maximum absolute atomic E-state index is 14.3. The second-order valence-electron chi connectivity index (χ2n) is 11.2. The maximum Gasteiger partial charge on any atom is 0.439 e. The second kappa shape index (κ2) is 10.5. The van der Waals surface area contributed by atoms with Gasteiger partial charge in [0.15, 0.2) is 12.1 Å². The predicted molar refractivity (Wildman–Crippen MR) is 154 cm³/mol. The quantitative estimate of drug-likeness (QED) is 0.274. The highest BCUT2D eigenvalue weighted by Gasteiger charge is 2.58. The molecule has 11 nitrogen and oxygen atoms in total. The summed E-state index contributed by atoms with van der Waals surface area (Å²) < 4.78 is 19.7. The lowest BCUT2D eigenvalue weighted by Gasteiger charge is -2.29. The Kier molecular flexibility index (Phi) is 6.63. The van der Waals surface area contributed by atoms with Crippen LogP contribution < -0.4 is 11.3 Å². The molecule has 4 heterocycles. The standard InChI is InChI=1S/C31H32N6O5/c1-3-6-25-24(17-19-9-11-20(12-10-19)22-7-4-5-8-23(22)26-34-30(39)42-35-26)27(38)36(29-32-18-33-37(25)29)21-13-15-31(16-14-21)28(40-2)41-31/h4-5,7-12,18,21,28H,3,6,13-17H2,1-2H3,(H,34,35,39). The van der Waals surface area contributed by atoms with Crippen LogP contribution in [0.5, 0.6) is 0 Å². The smallest absolute Gasteiger partial charge is 0.353 e. The minimum Gasteiger partial charge on any atom is -0.353 e. The van der Waals surface area contributed by atoms with Crippen LogP contribution in [0.25, 0.3) is 28.3 Å². The van der Waals surface area contributed by atoms with Crippen LogP contribution in [0, 0.1) is 0 Å². The summed E-state index contributed by atoms with van der Waals surface area (Å²) in [6.45, 7) is 2.11. The summed E-state index contributed by atoms with van der Waals surface area (Å²) in [6.07, 6.45) is 6.82. The fourth-order valence-corrected chi connectivity index (χ4v) is 6.52. The molecule has 1 aliphatic carbocycles. The summed E-state index contributed by atoms with van der Waals surface area (Å²) in [4.78, 5) is 33.0. The number of benzene rings is 2. The van der Waals surface area contributed by atoms with Crippen molar-refractivity contribution in [3.05, 3.63) is 92.6 Å². The third-order valence-corrected chi connectivity index (χ3v) is 8.68. The van der Waals surface area contributed by atoms with E-state index in [-0.39, 0.29) is 23.5 Å². The van der Waals surface area contributed by atoms with Crippen LogP contribution in [0.2, 0.25) is 0 Å². The van der Waals surface area contributed by atoms with Gasteiger partial charge in [-0.1, -0.05) is 67.0 Å². The van der Waals surface area contributed by atoms with Gasteiger partial charge in [0, 0.05) is 30.7 Å². The molecule has 1 N–H and O–H groups in total. The van der Waals surface area contributed by atoms with Crippen LogP contribution in [-0.4, -0.2) is 48.3 Å². The number of aromatic amines is 1. The Labute approximate surface area is 241 Å². The number of hydrogen-bond acceptors (Lipinski definition) is 8. The van der Waals surface area contributed by atoms with Gasteiger partial charge in [-0.25, -0.2) is 9.31 Å². The van der Waals surface area contributed by atoms with Gasteiger partial charge in [0.2, 0.25) is 5.78 Å². The Hall–Kier alpha value is -4.35. The molecule has 0 radical (unpaired) electrons. The molecule has 2 fully saturated rings. The molecular formula is C31H32N6O5. The molecule has 1 aliphatic heterocycles. The summed E-state index contributed by atoms with van der Waals surface area (Å²) in [6, 6.07) is 15.9. The van der Waals surface area contributed by atoms with Gasteiger partial charge in [0.05, 0.1) is 5.69 Å². The minimum atomic E-state index is -0.596. The number of aromatic nitrogens is 6. The summed E-state index contributed by atoms with van der Waals surface area (Å²) in [5.74, 6) is 0.386. The Balaban J connectivity index is 1.23. The molecule has 11 heteroatoms. The van der Waals surface area contributed by atoms with Gasteiger partial charge in [0.25, 0.3) is 5.56 Å². The summed E-state index contributed by atoms with van der Waals surface area (Å²) in [7, 11) is 1.68. The molecule has 0 amide bonds. The Morgan fingerprint density at radius 1 is 1.07 bits per heavy atom. The first-order valence-corrected chi connectivity index (χ1v) is 14.4. The number of epoxide rings is 1. The molecular weight excluding hydrogens is 536 g/mol. The van der Waals surface area contributed by atoms with Gasteiger partial charge < -0.3 is 9.47 Å². The van der Waals surface area contributed by atoms with E-state index >= 15 is 0 Å². The molecule has 2 aromatic carbocycles. The van der Waals surface area contributed by atoms with Gasteiger partial charge in [-0.2, -0.15) is 10.1 Å². The number of fused-ring (bicyclic) bond motifs is 1. The summed E-state index contributed by atoms with van der Waals surface area (Å²) in [5, 5.41) is 8.42. The molecule has 42 heavy (non-hydrogen) atoms. The number of rotatable bonds is 8. The van der Waals surface area contributed by atoms with E-state index < -0.39 is 5.76 Å². The van der Waals surface area contributed by atoms with Crippen molar-refractivity contribution in [3.8, 4) is 22.5 Å². The number of methoxy groups -OCH3 is 1. The van der Waals surface area contributed by atoms with Crippen LogP contribution >= 0.6 is 0 Å². The number of ether oxygens (including phenoxy) is 2. The lowest BCUT2D eigenvalue weighted by Crippen LogP contribution is -2.35. The number of hydrogen-bond donors (Lipinski definition) is 1. The fraction of sp³-hybridized carbons (Fsp3) is 0.387. The van der Waals surface area contributed by atoms with Gasteiger partial charge in [0.1, 0.15) is 11.9 Å². The van der Waals surface area contributed by atoms with Crippen LogP contribution in [-0.2, 0) is 22.3 Å². The SMILES string of the molecule is CCCc1c(Cc2ccc(-c3ccccc3-c3noc(=O)[nH]3)cc2)c(=O)n(C2CCC3(CC2)OC3OC)c2ncnn12. The largest absolute Gasteiger partial charge is 0.439 e. The molecule has 1 spiro atoms. The van der Waals surface area contributed by atoms with Crippen LogP contribution in [0.1, 0.15) is 61.9 Å². The molecule has 7 rings (SSSR count). The zero-order valence-electron chi connectivity index (χ0n) is 23.6. The van der Waals surface area contributed by atoms with Gasteiger partial charge >= 0.3 is 5.76 Å². The van der Waals surface area contributed by atoms with Crippen molar-refractivity contribution in [1.29, 1.82) is 0 Å². The molecule has 3 aromatic heterocycles. The molecule has 0 bridgehead atoms. The Morgan fingerprint density at radius 3 is 2.50 bits per heavy atom. The van der Waals surface area contributed by atoms with E-state index in [1.165, 1.54) is 6.33 Å². The topological polar surface area (TPSA) is 133 Å². The lowest BCUT2D eigenvalue weighted by atomic mass is 9.85. The molecule has 1 unspecified atom stereocenters. The molecule has 216 valence electrons. The number of nitrogens with zero attached hydrogens (tertiary/aromatic N) is 5. The predicted octanol–water partition coefficient (Wildman–Crippen LogP) is 4.30. The third kappa shape index (κ3) is 4.49. The molecule has 2 aliphatic rings. The van der Waals surface area contributed by atoms with E-state index in [2.05, 4.69) is 27.1 Å². The van der Waals surface area contributed by atoms with Crippen molar-refractivity contribution in [2.24, 2.45) is 0 Å². The summed E-state index contributed by atoms with van der Waals surface area (Å²) in [5.41, 5.74) is 5.12. The molecule has 1 saturated heterocycles. The van der Waals surface area contributed by atoms with E-state index in [9.17, 15) is 9.59 Å². The molecule has 5 aromatic rings. The second-order valence-corrected chi connectivity index (χ2v) is 11.2. The first kappa shape index (κ1) is 26.5. The van der Waals surface area contributed by atoms with E-state index in [1.54, 1.807) is 7.11 Å². The number of nitrogens with one attached hydrogen (secondary N) is 1. The van der Waals surface area contributed by atoms with Gasteiger partial charge in [-0.15, -0.1) is 0 Å². The first-order valence-electron chi connectivity index (χ1n) is 14.4. The minimum absolute atomic E-state index is 0.00400. The Morgan fingerprint density at radius 2 is 1.83 bits per heavy atom. The summed E-state index contributed by atoms with van der Waals surface area (Å²) >= 11 is 0. The normalized spacial score (nSPS) is 21.8. The maximum atomic E-state index is 14.3. The van der Waals surface area contributed by atoms with E-state index in [1.807, 2.05) is 57.6 Å². The van der Waals surface area contributed by atoms with Gasteiger partial charge in [-0.05, 0) is 48.8 Å². The Bertz CT molecular complexity index is 1860. The lowest BCUT2D eigenvalue weighted by molar-refractivity contribution is 0.0949. The van der Waals surface area contributed by atoms with Crippen molar-refractivity contribution < 1.29 is 14.0 Å². The highest BCUT2D eigenvalue weighted by atomic mass is 16.8. The van der Waals surface area contributed by atoms with E-state index in [4.69, 9.17) is 14.0 Å². The van der Waals surface area contributed by atoms with Crippen molar-refractivity contribution >= 4 is 5.78 Å². The van der Waals surface area contributed by atoms with Crippen LogP contribution in [0.3, 0.4) is 0 Å². The zero-order chi connectivity index (χ0) is 28.8. The van der Waals surface area contributed by atoms with Crippen LogP contribution in [0.4, 0.5) is 0 Å². The number of H-pyrrole nitrogens is 1. The molecule has 1 atom stereocenters. The fourth-order valence-electron chi connectivity index (χ4n) is 6.52. The zero-order valence-corrected chi connectivity index (χ0v) is 23.6. The number of aryl methyl sites for hydroxylation is 1. The average molecular weight is 569 g/mol. The monoisotopic (exact) mass is 568 g/mol. The highest BCUT2D eigenvalue weighted by Crippen LogP contribution is 2.50. The van der Waals surface area contributed by atoms with Crippen molar-refractivity contribution in [2.45, 2.75) is 69.8 Å². The van der Waals surface area contributed by atoms with Crippen LogP contribution in [0.15, 0.2) is 69.0 Å².